The molecule has 1 heterocycles. The SMILES string of the molecule is [2H]C([2H])(N1CCN(c2cccc(Cl)c2Cl)CC1)C([2H])([2H])C1([2H])C([2H])([2H])C([2H])([2H])C([2H])(NC(N)=O)C([2H])([2H])C1([2H])[2H]. The van der Waals surface area contributed by atoms with Crippen molar-refractivity contribution in [2.75, 3.05) is 37.6 Å². The zero-order valence-corrected chi connectivity index (χ0v) is 15.2. The van der Waals surface area contributed by atoms with Crippen LogP contribution in [0.5, 0.6) is 0 Å². The summed E-state index contributed by atoms with van der Waals surface area (Å²) in [6, 6.07) is -0.597. The van der Waals surface area contributed by atoms with E-state index in [-0.39, 0.29) is 36.2 Å². The first-order valence-corrected chi connectivity index (χ1v) is 8.58. The van der Waals surface area contributed by atoms with E-state index in [1.54, 1.807) is 23.1 Å². The number of urea groups is 1. The summed E-state index contributed by atoms with van der Waals surface area (Å²) in [7, 11) is 0. The first-order valence-electron chi connectivity index (χ1n) is 14.8. The molecule has 7 heteroatoms. The van der Waals surface area contributed by atoms with Gasteiger partial charge in [0.05, 0.1) is 17.1 Å². The lowest BCUT2D eigenvalue weighted by Crippen LogP contribution is -2.47. The van der Waals surface area contributed by atoms with Crippen molar-refractivity contribution in [3.05, 3.63) is 28.2 Å². The van der Waals surface area contributed by atoms with Crippen molar-refractivity contribution in [2.24, 2.45) is 11.6 Å². The smallest absolute Gasteiger partial charge is 0.312 e. The molecule has 0 unspecified atom stereocenters. The number of nitrogens with two attached hydrogens (primary N) is 1. The summed E-state index contributed by atoms with van der Waals surface area (Å²) >= 11 is 12.3. The second kappa shape index (κ2) is 9.16. The van der Waals surface area contributed by atoms with Crippen LogP contribution in [0.15, 0.2) is 18.2 Å². The fraction of sp³-hybridized carbons (Fsp3) is 0.632. The number of hydrogen-bond acceptors (Lipinski definition) is 3. The molecule has 3 N–H and O–H groups in total. The van der Waals surface area contributed by atoms with Crippen LogP contribution >= 0.6 is 23.2 Å². The van der Waals surface area contributed by atoms with E-state index < -0.39 is 56.3 Å². The number of halogens is 2. The Morgan fingerprint density at radius 1 is 1.27 bits per heavy atom. The fourth-order valence-corrected chi connectivity index (χ4v) is 2.91. The Morgan fingerprint density at radius 2 is 1.96 bits per heavy atom. The summed E-state index contributed by atoms with van der Waals surface area (Å²) in [6.45, 7) is -3.72. The third-order valence-electron chi connectivity index (χ3n) is 3.76. The molecule has 3 rings (SSSR count). The van der Waals surface area contributed by atoms with Gasteiger partial charge in [-0.2, -0.15) is 0 Å². The number of hydrogen-bond donors (Lipinski definition) is 2. The number of primary amides is 1. The predicted octanol–water partition coefficient (Wildman–Crippen LogP) is 3.73. The Labute approximate surface area is 185 Å². The third kappa shape index (κ3) is 5.18. The lowest BCUT2D eigenvalue weighted by molar-refractivity contribution is 0.207. The van der Waals surface area contributed by atoms with E-state index in [9.17, 15) is 4.79 Å². The zero-order valence-electron chi connectivity index (χ0n) is 27.7. The molecule has 2 aliphatic rings. The molecule has 5 nitrogen and oxygen atoms in total. The Morgan fingerprint density at radius 3 is 2.62 bits per heavy atom. The van der Waals surface area contributed by atoms with Crippen molar-refractivity contribution in [3.63, 3.8) is 0 Å². The van der Waals surface area contributed by atoms with Crippen LogP contribution in [-0.4, -0.2) is 49.6 Å². The highest BCUT2D eigenvalue weighted by Crippen LogP contribution is 2.33. The lowest BCUT2D eigenvalue weighted by atomic mass is 9.84. The molecule has 1 aromatic carbocycles. The van der Waals surface area contributed by atoms with Crippen LogP contribution in [0, 0.1) is 5.89 Å². The Bertz CT molecular complexity index is 1150. The van der Waals surface area contributed by atoms with Gasteiger partial charge in [0.15, 0.2) is 0 Å². The number of benzene rings is 1. The topological polar surface area (TPSA) is 61.6 Å². The highest BCUT2D eigenvalue weighted by atomic mass is 35.5. The molecule has 1 saturated heterocycles. The van der Waals surface area contributed by atoms with Crippen LogP contribution in [0.1, 0.15) is 51.1 Å². The van der Waals surface area contributed by atoms with Crippen molar-refractivity contribution in [2.45, 2.75) is 37.9 Å². The van der Waals surface area contributed by atoms with Gasteiger partial charge in [-0.3, -0.25) is 4.90 Å². The second-order valence-electron chi connectivity index (χ2n) is 5.52. The van der Waals surface area contributed by atoms with Crippen molar-refractivity contribution < 1.29 is 24.0 Å². The van der Waals surface area contributed by atoms with Gasteiger partial charge in [-0.1, -0.05) is 29.3 Å². The molecule has 26 heavy (non-hydrogen) atoms. The maximum absolute atomic E-state index is 11.6. The number of rotatable bonds is 5. The van der Waals surface area contributed by atoms with E-state index in [1.807, 2.05) is 0 Å². The number of carbonyl (C=O) groups is 1. The number of amides is 2. The van der Waals surface area contributed by atoms with Gasteiger partial charge < -0.3 is 16.0 Å². The third-order valence-corrected chi connectivity index (χ3v) is 4.57. The molecule has 144 valence electrons. The van der Waals surface area contributed by atoms with Gasteiger partial charge in [0.2, 0.25) is 0 Å². The number of nitrogens with one attached hydrogen (secondary N) is 1. The average molecular weight is 413 g/mol. The molecule has 2 fully saturated rings. The van der Waals surface area contributed by atoms with E-state index in [0.717, 1.165) is 4.90 Å². The quantitative estimate of drug-likeness (QED) is 0.773. The summed E-state index contributed by atoms with van der Waals surface area (Å²) in [5.41, 5.74) is 5.48. The Kier molecular flexibility index (Phi) is 2.98. The lowest BCUT2D eigenvalue weighted by Gasteiger charge is -2.37. The van der Waals surface area contributed by atoms with Gasteiger partial charge in [0.25, 0.3) is 0 Å². The van der Waals surface area contributed by atoms with Crippen molar-refractivity contribution in [1.82, 2.24) is 10.2 Å². The highest BCUT2D eigenvalue weighted by molar-refractivity contribution is 6.43. The average Bonchev–Trinajstić information content (AvgIpc) is 2.83. The van der Waals surface area contributed by atoms with Crippen LogP contribution in [0.25, 0.3) is 0 Å². The van der Waals surface area contributed by atoms with Gasteiger partial charge >= 0.3 is 6.03 Å². The maximum Gasteiger partial charge on any atom is 0.312 e. The number of carbonyl (C=O) groups excluding carboxylic acids is 1. The van der Waals surface area contributed by atoms with Crippen molar-refractivity contribution in [3.8, 4) is 0 Å². The van der Waals surface area contributed by atoms with E-state index >= 15 is 0 Å². The second-order valence-corrected chi connectivity index (χ2v) is 6.31. The number of nitrogens with zero attached hydrogens (tertiary/aromatic N) is 2. The highest BCUT2D eigenvalue weighted by Gasteiger charge is 2.24. The number of anilines is 1. The molecule has 0 bridgehead atoms. The molecule has 2 amide bonds. The molecule has 0 atom stereocenters. The first kappa shape index (κ1) is 8.46. The standard InChI is InChI=1S/C19H28Cl2N4O/c20-16-2-1-3-17(18(16)21)25-12-10-24(11-13-25)9-8-14-4-6-15(7-5-14)23-19(22)26/h1-3,14-15H,4-13H2,(H3,22,23,26)/i4D2,5D2,6D2,7D2,8D2,9D2,14D,15D. The summed E-state index contributed by atoms with van der Waals surface area (Å²) < 4.78 is 119. The summed E-state index contributed by atoms with van der Waals surface area (Å²) in [6.07, 6.45) is -20.2. The fourth-order valence-electron chi connectivity index (χ4n) is 2.49. The van der Waals surface area contributed by atoms with Crippen LogP contribution in [0.3, 0.4) is 0 Å². The molecule has 0 spiro atoms. The minimum atomic E-state index is -4.17. The minimum Gasteiger partial charge on any atom is -0.368 e. The van der Waals surface area contributed by atoms with Crippen LogP contribution in [-0.2, 0) is 0 Å². The van der Waals surface area contributed by atoms with Gasteiger partial charge in [-0.15, -0.1) is 0 Å². The zero-order chi connectivity index (χ0) is 31.1. The summed E-state index contributed by atoms with van der Waals surface area (Å²) in [5.74, 6) is -4.17. The molecular weight excluding hydrogens is 371 g/mol. The maximum atomic E-state index is 11.6. The minimum absolute atomic E-state index is 0.0560. The van der Waals surface area contributed by atoms with Gasteiger partial charge in [-0.25, -0.2) is 4.79 Å². The molecule has 1 aliphatic carbocycles. The molecule has 1 aliphatic heterocycles. The molecule has 0 radical (unpaired) electrons. The van der Waals surface area contributed by atoms with Crippen molar-refractivity contribution >= 4 is 34.9 Å². The van der Waals surface area contributed by atoms with E-state index in [0.29, 0.717) is 5.69 Å². The largest absolute Gasteiger partial charge is 0.368 e. The molecule has 1 aromatic rings. The van der Waals surface area contributed by atoms with Gasteiger partial charge in [0, 0.05) is 50.0 Å². The van der Waals surface area contributed by atoms with Gasteiger partial charge in [0.1, 0.15) is 0 Å². The van der Waals surface area contributed by atoms with Crippen LogP contribution in [0.2, 0.25) is 10.0 Å². The first-order chi connectivity index (χ1) is 17.8. The Balaban J connectivity index is 2.09. The van der Waals surface area contributed by atoms with E-state index in [1.165, 1.54) is 5.32 Å². The number of piperazine rings is 1. The van der Waals surface area contributed by atoms with Crippen molar-refractivity contribution in [1.29, 1.82) is 0 Å². The molecule has 0 aromatic heterocycles. The Hall–Kier alpha value is -1.17. The van der Waals surface area contributed by atoms with Gasteiger partial charge in [-0.05, 0) is 56.4 Å². The monoisotopic (exact) mass is 412 g/mol. The molecular formula is C19H28Cl2N4O. The summed E-state index contributed by atoms with van der Waals surface area (Å²) in [4.78, 5) is 14.2. The summed E-state index contributed by atoms with van der Waals surface area (Å²) in [5, 5.41) is 1.91. The predicted molar refractivity (Wildman–Crippen MR) is 108 cm³/mol. The van der Waals surface area contributed by atoms with Crippen LogP contribution in [0.4, 0.5) is 10.5 Å². The molecule has 1 saturated carbocycles. The van der Waals surface area contributed by atoms with E-state index in [2.05, 4.69) is 0 Å². The van der Waals surface area contributed by atoms with E-state index in [4.69, 9.17) is 48.1 Å². The normalized spacial score (nSPS) is 46.9. The van der Waals surface area contributed by atoms with Crippen LogP contribution < -0.4 is 16.0 Å².